The fourth-order valence-electron chi connectivity index (χ4n) is 2.24. The van der Waals surface area contributed by atoms with Crippen LogP contribution in [0.3, 0.4) is 0 Å². The van der Waals surface area contributed by atoms with Crippen LogP contribution in [0.4, 0.5) is 0 Å². The van der Waals surface area contributed by atoms with Crippen molar-refractivity contribution in [1.29, 1.82) is 5.26 Å². The van der Waals surface area contributed by atoms with E-state index < -0.39 is 0 Å². The third-order valence-corrected chi connectivity index (χ3v) is 3.70. The number of hydrogen-bond acceptors (Lipinski definition) is 3. The molecule has 0 aromatic heterocycles. The van der Waals surface area contributed by atoms with E-state index in [0.717, 1.165) is 29.7 Å². The standard InChI is InChI=1S/C14H17BrN2O/c15-12-4-3-6-14(10-12)18-9-8-17-7-2-1-5-13(17)11-16/h3-4,6,10,13H,1-2,5,7-9H2. The van der Waals surface area contributed by atoms with Gasteiger partial charge in [-0.2, -0.15) is 5.26 Å². The zero-order valence-electron chi connectivity index (χ0n) is 10.3. The first-order chi connectivity index (χ1) is 8.79. The summed E-state index contributed by atoms with van der Waals surface area (Å²) in [6, 6.07) is 10.3. The zero-order valence-corrected chi connectivity index (χ0v) is 11.9. The minimum absolute atomic E-state index is 0.0739. The Kier molecular flexibility index (Phi) is 5.03. The van der Waals surface area contributed by atoms with Crippen molar-refractivity contribution in [3.05, 3.63) is 28.7 Å². The Morgan fingerprint density at radius 2 is 2.33 bits per heavy atom. The number of piperidine rings is 1. The summed E-state index contributed by atoms with van der Waals surface area (Å²) in [6.07, 6.45) is 3.35. The van der Waals surface area contributed by atoms with Crippen LogP contribution in [0.1, 0.15) is 19.3 Å². The van der Waals surface area contributed by atoms with E-state index in [1.54, 1.807) is 0 Å². The highest BCUT2D eigenvalue weighted by atomic mass is 79.9. The Hall–Kier alpha value is -1.05. The predicted molar refractivity (Wildman–Crippen MR) is 74.5 cm³/mol. The van der Waals surface area contributed by atoms with Gasteiger partial charge in [0.2, 0.25) is 0 Å². The average Bonchev–Trinajstić information content (AvgIpc) is 2.39. The number of halogens is 1. The van der Waals surface area contributed by atoms with Crippen LogP contribution < -0.4 is 4.74 Å². The summed E-state index contributed by atoms with van der Waals surface area (Å²) in [4.78, 5) is 2.22. The molecular weight excluding hydrogens is 292 g/mol. The molecule has 4 heteroatoms. The fraction of sp³-hybridized carbons (Fsp3) is 0.500. The molecule has 18 heavy (non-hydrogen) atoms. The van der Waals surface area contributed by atoms with Gasteiger partial charge in [-0.15, -0.1) is 0 Å². The van der Waals surface area contributed by atoms with Gasteiger partial charge in [-0.3, -0.25) is 4.90 Å². The average molecular weight is 309 g/mol. The maximum absolute atomic E-state index is 9.08. The van der Waals surface area contributed by atoms with Gasteiger partial charge in [0, 0.05) is 11.0 Å². The van der Waals surface area contributed by atoms with Gasteiger partial charge < -0.3 is 4.74 Å². The van der Waals surface area contributed by atoms with Gasteiger partial charge in [-0.05, 0) is 44.0 Å². The van der Waals surface area contributed by atoms with E-state index in [9.17, 15) is 0 Å². The second kappa shape index (κ2) is 6.77. The summed E-state index contributed by atoms with van der Waals surface area (Å²) in [6.45, 7) is 2.47. The topological polar surface area (TPSA) is 36.3 Å². The molecule has 1 fully saturated rings. The van der Waals surface area contributed by atoms with Crippen molar-refractivity contribution in [3.8, 4) is 11.8 Å². The molecule has 1 aromatic rings. The molecule has 0 spiro atoms. The van der Waals surface area contributed by atoms with Crippen LogP contribution >= 0.6 is 15.9 Å². The molecule has 2 rings (SSSR count). The highest BCUT2D eigenvalue weighted by molar-refractivity contribution is 9.10. The molecule has 1 saturated heterocycles. The predicted octanol–water partition coefficient (Wildman–Crippen LogP) is 3.21. The van der Waals surface area contributed by atoms with E-state index in [-0.39, 0.29) is 6.04 Å². The number of benzene rings is 1. The molecule has 3 nitrogen and oxygen atoms in total. The van der Waals surface area contributed by atoms with Gasteiger partial charge in [-0.25, -0.2) is 0 Å². The Morgan fingerprint density at radius 3 is 3.11 bits per heavy atom. The van der Waals surface area contributed by atoms with Gasteiger partial charge in [-0.1, -0.05) is 22.0 Å². The lowest BCUT2D eigenvalue weighted by Crippen LogP contribution is -2.40. The number of rotatable bonds is 4. The Labute approximate surface area is 116 Å². The van der Waals surface area contributed by atoms with Crippen LogP contribution in [0.2, 0.25) is 0 Å². The molecule has 0 N–H and O–H groups in total. The number of nitrogens with zero attached hydrogens (tertiary/aromatic N) is 2. The lowest BCUT2D eigenvalue weighted by Gasteiger charge is -2.30. The fourth-order valence-corrected chi connectivity index (χ4v) is 2.62. The molecule has 0 amide bonds. The number of nitriles is 1. The largest absolute Gasteiger partial charge is 0.492 e. The quantitative estimate of drug-likeness (QED) is 0.857. The van der Waals surface area contributed by atoms with Crippen LogP contribution in [0, 0.1) is 11.3 Å². The maximum Gasteiger partial charge on any atom is 0.120 e. The van der Waals surface area contributed by atoms with Crippen molar-refractivity contribution in [2.24, 2.45) is 0 Å². The summed E-state index contributed by atoms with van der Waals surface area (Å²) in [5, 5.41) is 9.08. The van der Waals surface area contributed by atoms with E-state index in [1.165, 1.54) is 12.8 Å². The summed E-state index contributed by atoms with van der Waals surface area (Å²) in [5.74, 6) is 0.870. The van der Waals surface area contributed by atoms with Crippen molar-refractivity contribution < 1.29 is 4.74 Å². The Balaban J connectivity index is 1.79. The van der Waals surface area contributed by atoms with Crippen molar-refractivity contribution in [2.45, 2.75) is 25.3 Å². The lowest BCUT2D eigenvalue weighted by atomic mass is 10.0. The maximum atomic E-state index is 9.08. The monoisotopic (exact) mass is 308 g/mol. The first-order valence-corrected chi connectivity index (χ1v) is 7.11. The second-order valence-electron chi connectivity index (χ2n) is 4.48. The molecule has 0 bridgehead atoms. The zero-order chi connectivity index (χ0) is 12.8. The SMILES string of the molecule is N#CC1CCCCN1CCOc1cccc(Br)c1. The van der Waals surface area contributed by atoms with Crippen molar-refractivity contribution in [2.75, 3.05) is 19.7 Å². The van der Waals surface area contributed by atoms with Gasteiger partial charge in [0.1, 0.15) is 12.4 Å². The minimum atomic E-state index is 0.0739. The first kappa shape index (κ1) is 13.4. The number of likely N-dealkylation sites (tertiary alicyclic amines) is 1. The van der Waals surface area contributed by atoms with Crippen LogP contribution in [-0.2, 0) is 0 Å². The van der Waals surface area contributed by atoms with Crippen LogP contribution in [0.5, 0.6) is 5.75 Å². The summed E-state index contributed by atoms with van der Waals surface area (Å²) >= 11 is 3.42. The molecule has 1 aliphatic heterocycles. The Bertz CT molecular complexity index is 430. The minimum Gasteiger partial charge on any atom is -0.492 e. The van der Waals surface area contributed by atoms with E-state index in [1.807, 2.05) is 24.3 Å². The van der Waals surface area contributed by atoms with Crippen LogP contribution in [0.25, 0.3) is 0 Å². The summed E-state index contributed by atoms with van der Waals surface area (Å²) < 4.78 is 6.72. The van der Waals surface area contributed by atoms with E-state index >= 15 is 0 Å². The van der Waals surface area contributed by atoms with E-state index in [2.05, 4.69) is 26.9 Å². The highest BCUT2D eigenvalue weighted by Gasteiger charge is 2.21. The Morgan fingerprint density at radius 1 is 1.44 bits per heavy atom. The van der Waals surface area contributed by atoms with E-state index in [0.29, 0.717) is 6.61 Å². The summed E-state index contributed by atoms with van der Waals surface area (Å²) in [7, 11) is 0. The van der Waals surface area contributed by atoms with Gasteiger partial charge in [0.25, 0.3) is 0 Å². The molecule has 1 aromatic carbocycles. The number of ether oxygens (including phenoxy) is 1. The second-order valence-corrected chi connectivity index (χ2v) is 5.40. The third kappa shape index (κ3) is 3.72. The highest BCUT2D eigenvalue weighted by Crippen LogP contribution is 2.19. The normalized spacial score (nSPS) is 20.3. The third-order valence-electron chi connectivity index (χ3n) is 3.21. The van der Waals surface area contributed by atoms with Gasteiger partial charge in [0.15, 0.2) is 0 Å². The molecule has 0 radical (unpaired) electrons. The van der Waals surface area contributed by atoms with Crippen molar-refractivity contribution >= 4 is 15.9 Å². The van der Waals surface area contributed by atoms with Crippen LogP contribution in [0.15, 0.2) is 28.7 Å². The smallest absolute Gasteiger partial charge is 0.120 e. The molecule has 0 saturated carbocycles. The molecule has 0 aliphatic carbocycles. The molecule has 1 aliphatic rings. The molecule has 1 heterocycles. The first-order valence-electron chi connectivity index (χ1n) is 6.31. The van der Waals surface area contributed by atoms with E-state index in [4.69, 9.17) is 10.00 Å². The van der Waals surface area contributed by atoms with Gasteiger partial charge in [0.05, 0.1) is 12.1 Å². The molecule has 1 unspecified atom stereocenters. The molecular formula is C14H17BrN2O. The lowest BCUT2D eigenvalue weighted by molar-refractivity contribution is 0.151. The molecule has 1 atom stereocenters. The van der Waals surface area contributed by atoms with Crippen molar-refractivity contribution in [3.63, 3.8) is 0 Å². The van der Waals surface area contributed by atoms with Gasteiger partial charge >= 0.3 is 0 Å². The summed E-state index contributed by atoms with van der Waals surface area (Å²) in [5.41, 5.74) is 0. The van der Waals surface area contributed by atoms with Crippen LogP contribution in [-0.4, -0.2) is 30.6 Å². The number of hydrogen-bond donors (Lipinski definition) is 0. The molecule has 96 valence electrons. The van der Waals surface area contributed by atoms with Crippen molar-refractivity contribution in [1.82, 2.24) is 4.90 Å².